The summed E-state index contributed by atoms with van der Waals surface area (Å²) in [6.45, 7) is 7.70. The van der Waals surface area contributed by atoms with Crippen molar-refractivity contribution >= 4 is 24.0 Å². The Morgan fingerprint density at radius 1 is 1.17 bits per heavy atom. The zero-order chi connectivity index (χ0) is 20.6. The summed E-state index contributed by atoms with van der Waals surface area (Å²) in [5, 5.41) is 22.9. The van der Waals surface area contributed by atoms with E-state index in [-0.39, 0.29) is 24.0 Å². The molecular weight excluding hydrogens is 408 g/mol. The van der Waals surface area contributed by atoms with E-state index < -0.39 is 10.3 Å². The molecule has 1 N–H and O–H groups in total. The van der Waals surface area contributed by atoms with E-state index in [1.165, 1.54) is 12.1 Å². The highest BCUT2D eigenvalue weighted by atomic mass is 35.5. The lowest BCUT2D eigenvalue weighted by atomic mass is 9.82. The number of non-ortho nitro benzene ring substituents is 1. The van der Waals surface area contributed by atoms with Gasteiger partial charge in [-0.05, 0) is 32.3 Å². The van der Waals surface area contributed by atoms with Crippen LogP contribution in [0.15, 0.2) is 24.3 Å². The van der Waals surface area contributed by atoms with Crippen molar-refractivity contribution in [1.29, 1.82) is 0 Å². The van der Waals surface area contributed by atoms with Crippen LogP contribution in [0, 0.1) is 10.1 Å². The number of nitrogens with zero attached hydrogens (tertiary/aromatic N) is 5. The zero-order valence-electron chi connectivity index (χ0n) is 17.2. The van der Waals surface area contributed by atoms with Gasteiger partial charge in [0.1, 0.15) is 11.6 Å². The van der Waals surface area contributed by atoms with Crippen molar-refractivity contribution in [2.45, 2.75) is 51.1 Å². The lowest BCUT2D eigenvalue weighted by Crippen LogP contribution is -2.47. The lowest BCUT2D eigenvalue weighted by molar-refractivity contribution is -0.384. The molecule has 2 aliphatic rings. The lowest BCUT2D eigenvalue weighted by Gasteiger charge is -2.37. The number of nitrogens with one attached hydrogen (secondary N) is 1. The van der Waals surface area contributed by atoms with E-state index in [0.717, 1.165) is 49.7 Å². The number of nitro benzene ring substituents is 1. The SMILES string of the molecule is CC(C)(C(=O)N1CCC(c2nnc3n2CCNC3)CC1)c1ccc([N+](=O)[O-])cc1.Cl. The van der Waals surface area contributed by atoms with Crippen molar-refractivity contribution < 1.29 is 9.72 Å². The summed E-state index contributed by atoms with van der Waals surface area (Å²) in [6.07, 6.45) is 1.74. The standard InChI is InChI=1S/C20H26N6O3.ClH/c1-20(2,15-3-5-16(6-4-15)26(28)29)19(27)24-10-7-14(8-11-24)18-23-22-17-13-21-9-12-25(17)18;/h3-6,14,21H,7-13H2,1-2H3;1H. The van der Waals surface area contributed by atoms with Gasteiger partial charge < -0.3 is 14.8 Å². The Balaban J connectivity index is 0.00000256. The highest BCUT2D eigenvalue weighted by molar-refractivity contribution is 5.87. The van der Waals surface area contributed by atoms with Crippen molar-refractivity contribution in [3.8, 4) is 0 Å². The molecule has 0 aliphatic carbocycles. The van der Waals surface area contributed by atoms with Crippen LogP contribution in [0.25, 0.3) is 0 Å². The zero-order valence-corrected chi connectivity index (χ0v) is 18.0. The third-order valence-electron chi connectivity index (χ3n) is 6.13. The first kappa shape index (κ1) is 22.2. The molecule has 4 rings (SSSR count). The minimum atomic E-state index is -0.734. The summed E-state index contributed by atoms with van der Waals surface area (Å²) in [5.74, 6) is 2.41. The minimum Gasteiger partial charge on any atom is -0.342 e. The van der Waals surface area contributed by atoms with E-state index in [4.69, 9.17) is 0 Å². The predicted molar refractivity (Wildman–Crippen MR) is 114 cm³/mol. The maximum Gasteiger partial charge on any atom is 0.269 e. The van der Waals surface area contributed by atoms with Gasteiger partial charge in [-0.15, -0.1) is 22.6 Å². The number of likely N-dealkylation sites (tertiary alicyclic amines) is 1. The Labute approximate surface area is 181 Å². The van der Waals surface area contributed by atoms with Gasteiger partial charge in [0.15, 0.2) is 0 Å². The van der Waals surface area contributed by atoms with Crippen molar-refractivity contribution in [1.82, 2.24) is 25.0 Å². The Morgan fingerprint density at radius 3 is 2.47 bits per heavy atom. The second kappa shape index (κ2) is 8.69. The molecule has 0 unspecified atom stereocenters. The van der Waals surface area contributed by atoms with Crippen molar-refractivity contribution in [2.24, 2.45) is 0 Å². The number of nitro groups is 1. The summed E-state index contributed by atoms with van der Waals surface area (Å²) in [6, 6.07) is 6.28. The molecule has 2 aromatic rings. The number of aromatic nitrogens is 3. The molecule has 0 radical (unpaired) electrons. The van der Waals surface area contributed by atoms with Crippen molar-refractivity contribution in [3.63, 3.8) is 0 Å². The van der Waals surface area contributed by atoms with Crippen LogP contribution in [0.3, 0.4) is 0 Å². The van der Waals surface area contributed by atoms with Gasteiger partial charge >= 0.3 is 0 Å². The topological polar surface area (TPSA) is 106 Å². The molecule has 0 saturated carbocycles. The summed E-state index contributed by atoms with van der Waals surface area (Å²) >= 11 is 0. The van der Waals surface area contributed by atoms with Gasteiger partial charge in [-0.3, -0.25) is 14.9 Å². The van der Waals surface area contributed by atoms with Crippen LogP contribution >= 0.6 is 12.4 Å². The molecule has 1 fully saturated rings. The van der Waals surface area contributed by atoms with E-state index in [2.05, 4.69) is 20.1 Å². The number of hydrogen-bond acceptors (Lipinski definition) is 6. The third-order valence-corrected chi connectivity index (χ3v) is 6.13. The average Bonchev–Trinajstić information content (AvgIpc) is 3.17. The van der Waals surface area contributed by atoms with Gasteiger partial charge in [0.2, 0.25) is 5.91 Å². The first-order chi connectivity index (χ1) is 13.9. The van der Waals surface area contributed by atoms with Crippen LogP contribution in [0.4, 0.5) is 5.69 Å². The normalized spacial score (nSPS) is 17.2. The van der Waals surface area contributed by atoms with E-state index >= 15 is 0 Å². The number of rotatable bonds is 4. The molecule has 0 atom stereocenters. The largest absolute Gasteiger partial charge is 0.342 e. The number of halogens is 1. The van der Waals surface area contributed by atoms with E-state index in [0.29, 0.717) is 19.0 Å². The molecule has 10 heteroatoms. The van der Waals surface area contributed by atoms with Crippen LogP contribution in [0.2, 0.25) is 0 Å². The van der Waals surface area contributed by atoms with Crippen LogP contribution in [0.1, 0.15) is 49.8 Å². The maximum absolute atomic E-state index is 13.2. The number of benzene rings is 1. The van der Waals surface area contributed by atoms with Gasteiger partial charge in [-0.1, -0.05) is 12.1 Å². The van der Waals surface area contributed by atoms with E-state index in [1.807, 2.05) is 18.7 Å². The van der Waals surface area contributed by atoms with E-state index in [1.54, 1.807) is 12.1 Å². The third kappa shape index (κ3) is 4.04. The molecule has 0 bridgehead atoms. The molecule has 1 amide bonds. The first-order valence-electron chi connectivity index (χ1n) is 10.0. The fourth-order valence-corrected chi connectivity index (χ4v) is 4.28. The number of hydrogen-bond donors (Lipinski definition) is 1. The Morgan fingerprint density at radius 2 is 1.83 bits per heavy atom. The van der Waals surface area contributed by atoms with Crippen LogP contribution < -0.4 is 5.32 Å². The summed E-state index contributed by atoms with van der Waals surface area (Å²) in [7, 11) is 0. The number of carbonyl (C=O) groups excluding carboxylic acids is 1. The predicted octanol–water partition coefficient (Wildman–Crippen LogP) is 2.40. The van der Waals surface area contributed by atoms with Crippen molar-refractivity contribution in [3.05, 3.63) is 51.6 Å². The monoisotopic (exact) mass is 434 g/mol. The summed E-state index contributed by atoms with van der Waals surface area (Å²) in [5.41, 5.74) is 0.0840. The van der Waals surface area contributed by atoms with Crippen LogP contribution in [-0.2, 0) is 23.3 Å². The number of fused-ring (bicyclic) bond motifs is 1. The minimum absolute atomic E-state index is 0. The smallest absolute Gasteiger partial charge is 0.269 e. The first-order valence-corrected chi connectivity index (χ1v) is 10.0. The number of piperidine rings is 1. The van der Waals surface area contributed by atoms with Gasteiger partial charge in [0.25, 0.3) is 5.69 Å². The average molecular weight is 435 g/mol. The second-order valence-electron chi connectivity index (χ2n) is 8.30. The Hall–Kier alpha value is -2.52. The van der Waals surface area contributed by atoms with Gasteiger partial charge in [0, 0.05) is 44.2 Å². The molecule has 1 saturated heterocycles. The maximum atomic E-state index is 13.2. The Kier molecular flexibility index (Phi) is 6.42. The summed E-state index contributed by atoms with van der Waals surface area (Å²) in [4.78, 5) is 25.6. The fraction of sp³-hybridized carbons (Fsp3) is 0.550. The highest BCUT2D eigenvalue weighted by Gasteiger charge is 2.37. The van der Waals surface area contributed by atoms with Crippen molar-refractivity contribution in [2.75, 3.05) is 19.6 Å². The number of carbonyl (C=O) groups is 1. The molecule has 162 valence electrons. The second-order valence-corrected chi connectivity index (χ2v) is 8.30. The molecule has 1 aromatic heterocycles. The fourth-order valence-electron chi connectivity index (χ4n) is 4.28. The van der Waals surface area contributed by atoms with Gasteiger partial charge in [0.05, 0.1) is 16.9 Å². The summed E-state index contributed by atoms with van der Waals surface area (Å²) < 4.78 is 2.22. The van der Waals surface area contributed by atoms with E-state index in [9.17, 15) is 14.9 Å². The Bertz CT molecular complexity index is 919. The molecule has 2 aliphatic heterocycles. The molecule has 30 heavy (non-hydrogen) atoms. The van der Waals surface area contributed by atoms with Gasteiger partial charge in [-0.2, -0.15) is 0 Å². The molecule has 9 nitrogen and oxygen atoms in total. The molecular formula is C20H27ClN6O3. The molecule has 1 aromatic carbocycles. The quantitative estimate of drug-likeness (QED) is 0.585. The van der Waals surface area contributed by atoms with Crippen LogP contribution in [-0.4, -0.2) is 50.1 Å². The number of amides is 1. The molecule has 0 spiro atoms. The van der Waals surface area contributed by atoms with Gasteiger partial charge in [-0.25, -0.2) is 0 Å². The molecule has 3 heterocycles. The van der Waals surface area contributed by atoms with Crippen LogP contribution in [0.5, 0.6) is 0 Å². The highest BCUT2D eigenvalue weighted by Crippen LogP contribution is 2.32.